The van der Waals surface area contributed by atoms with E-state index in [4.69, 9.17) is 9.47 Å². The third-order valence-corrected chi connectivity index (χ3v) is 4.50. The van der Waals surface area contributed by atoms with Crippen molar-refractivity contribution < 1.29 is 9.47 Å². The molecule has 0 saturated heterocycles. The molecule has 0 heterocycles. The Kier molecular flexibility index (Phi) is 5.00. The number of rotatable bonds is 6. The van der Waals surface area contributed by atoms with Crippen molar-refractivity contribution in [1.29, 1.82) is 0 Å². The molecule has 0 unspecified atom stereocenters. The highest BCUT2D eigenvalue weighted by Crippen LogP contribution is 2.47. The van der Waals surface area contributed by atoms with Crippen LogP contribution in [0.1, 0.15) is 25.3 Å². The van der Waals surface area contributed by atoms with Crippen LogP contribution in [0.3, 0.4) is 0 Å². The van der Waals surface area contributed by atoms with E-state index in [0.29, 0.717) is 0 Å². The normalized spacial score (nSPS) is 25.6. The monoisotopic (exact) mass is 262 g/mol. The minimum atomic E-state index is 0.225. The lowest BCUT2D eigenvalue weighted by molar-refractivity contribution is 0.0107. The number of ether oxygens (including phenoxy) is 2. The molecule has 0 aromatic heterocycles. The molecule has 0 amide bonds. The highest BCUT2D eigenvalue weighted by molar-refractivity contribution is 5.16. The Bertz CT molecular complexity index is 368. The summed E-state index contributed by atoms with van der Waals surface area (Å²) in [6.45, 7) is 4.01. The van der Waals surface area contributed by atoms with Crippen molar-refractivity contribution in [2.24, 2.45) is 17.3 Å². The molecule has 2 nitrogen and oxygen atoms in total. The molecule has 1 aromatic rings. The fraction of sp³-hybridized carbons (Fsp3) is 0.647. The van der Waals surface area contributed by atoms with E-state index in [2.05, 4.69) is 37.3 Å². The molecule has 2 rings (SSSR count). The van der Waals surface area contributed by atoms with Gasteiger partial charge in [0.2, 0.25) is 0 Å². The maximum absolute atomic E-state index is 5.45. The average molecular weight is 262 g/mol. The van der Waals surface area contributed by atoms with Crippen molar-refractivity contribution >= 4 is 0 Å². The molecule has 2 heteroatoms. The molecule has 19 heavy (non-hydrogen) atoms. The summed E-state index contributed by atoms with van der Waals surface area (Å²) >= 11 is 0. The summed E-state index contributed by atoms with van der Waals surface area (Å²) in [5.74, 6) is 1.48. The highest BCUT2D eigenvalue weighted by atomic mass is 16.5. The number of hydrogen-bond acceptors (Lipinski definition) is 2. The third-order valence-electron chi connectivity index (χ3n) is 4.50. The molecule has 106 valence electrons. The lowest BCUT2D eigenvalue weighted by Gasteiger charge is -2.27. The van der Waals surface area contributed by atoms with Crippen LogP contribution < -0.4 is 0 Å². The molecule has 0 radical (unpaired) electrons. The van der Waals surface area contributed by atoms with Gasteiger partial charge in [-0.25, -0.2) is 0 Å². The SMILES string of the molecule is COCC1(COC)C[C@@H](Cc2ccccc2)[C@H](C)C1. The van der Waals surface area contributed by atoms with Gasteiger partial charge >= 0.3 is 0 Å². The molecular formula is C17H26O2. The lowest BCUT2D eigenvalue weighted by atomic mass is 9.86. The Morgan fingerprint density at radius 1 is 1.05 bits per heavy atom. The van der Waals surface area contributed by atoms with E-state index in [0.717, 1.165) is 25.0 Å². The predicted octanol–water partition coefficient (Wildman–Crippen LogP) is 3.55. The Labute approximate surface area is 117 Å². The molecule has 0 N–H and O–H groups in total. The molecule has 1 aliphatic carbocycles. The molecule has 1 aromatic carbocycles. The van der Waals surface area contributed by atoms with Gasteiger partial charge in [0, 0.05) is 19.6 Å². The minimum absolute atomic E-state index is 0.225. The van der Waals surface area contributed by atoms with E-state index < -0.39 is 0 Å². The van der Waals surface area contributed by atoms with Crippen LogP contribution in [0.15, 0.2) is 30.3 Å². The third kappa shape index (κ3) is 3.58. The van der Waals surface area contributed by atoms with E-state index in [9.17, 15) is 0 Å². The molecule has 0 bridgehead atoms. The van der Waals surface area contributed by atoms with Crippen LogP contribution in [0.5, 0.6) is 0 Å². The molecular weight excluding hydrogens is 236 g/mol. The van der Waals surface area contributed by atoms with E-state index >= 15 is 0 Å². The number of benzene rings is 1. The second-order valence-corrected chi connectivity index (χ2v) is 6.20. The largest absolute Gasteiger partial charge is 0.384 e. The second-order valence-electron chi connectivity index (χ2n) is 6.20. The van der Waals surface area contributed by atoms with Gasteiger partial charge in [-0.05, 0) is 36.7 Å². The van der Waals surface area contributed by atoms with Crippen molar-refractivity contribution in [3.63, 3.8) is 0 Å². The first-order chi connectivity index (χ1) is 9.19. The van der Waals surface area contributed by atoms with Crippen molar-refractivity contribution in [3.05, 3.63) is 35.9 Å². The van der Waals surface area contributed by atoms with Crippen LogP contribution in [-0.2, 0) is 15.9 Å². The van der Waals surface area contributed by atoms with Gasteiger partial charge < -0.3 is 9.47 Å². The minimum Gasteiger partial charge on any atom is -0.384 e. The fourth-order valence-corrected chi connectivity index (χ4v) is 3.77. The summed E-state index contributed by atoms with van der Waals surface area (Å²) in [7, 11) is 3.60. The summed E-state index contributed by atoms with van der Waals surface area (Å²) in [4.78, 5) is 0. The highest BCUT2D eigenvalue weighted by Gasteiger charge is 2.43. The van der Waals surface area contributed by atoms with Crippen molar-refractivity contribution in [1.82, 2.24) is 0 Å². The van der Waals surface area contributed by atoms with Crippen molar-refractivity contribution in [3.8, 4) is 0 Å². The standard InChI is InChI=1S/C17H26O2/c1-14-10-17(12-18-2,13-19-3)11-16(14)9-15-7-5-4-6-8-15/h4-8,14,16H,9-13H2,1-3H3/t14-,16-/m1/s1. The smallest absolute Gasteiger partial charge is 0.0540 e. The van der Waals surface area contributed by atoms with E-state index in [1.807, 2.05) is 0 Å². The number of hydrogen-bond donors (Lipinski definition) is 0. The average Bonchev–Trinajstić information content (AvgIpc) is 2.68. The first-order valence-electron chi connectivity index (χ1n) is 7.21. The quantitative estimate of drug-likeness (QED) is 0.780. The van der Waals surface area contributed by atoms with Crippen molar-refractivity contribution in [2.45, 2.75) is 26.2 Å². The first kappa shape index (κ1) is 14.5. The summed E-state index contributed by atoms with van der Waals surface area (Å²) in [6.07, 6.45) is 3.61. The first-order valence-corrected chi connectivity index (χ1v) is 7.21. The van der Waals surface area contributed by atoms with Gasteiger partial charge in [-0.15, -0.1) is 0 Å². The molecule has 2 atom stereocenters. The van der Waals surface area contributed by atoms with Crippen molar-refractivity contribution in [2.75, 3.05) is 27.4 Å². The van der Waals surface area contributed by atoms with Gasteiger partial charge in [-0.1, -0.05) is 37.3 Å². The van der Waals surface area contributed by atoms with Crippen LogP contribution in [0.25, 0.3) is 0 Å². The Hall–Kier alpha value is -0.860. The number of methoxy groups -OCH3 is 2. The van der Waals surface area contributed by atoms with E-state index in [1.54, 1.807) is 14.2 Å². The van der Waals surface area contributed by atoms with Crippen LogP contribution in [0.4, 0.5) is 0 Å². The van der Waals surface area contributed by atoms with Gasteiger partial charge in [0.1, 0.15) is 0 Å². The fourth-order valence-electron chi connectivity index (χ4n) is 3.77. The van der Waals surface area contributed by atoms with Gasteiger partial charge in [-0.2, -0.15) is 0 Å². The topological polar surface area (TPSA) is 18.5 Å². The van der Waals surface area contributed by atoms with E-state index in [1.165, 1.54) is 24.8 Å². The maximum Gasteiger partial charge on any atom is 0.0540 e. The maximum atomic E-state index is 5.45. The summed E-state index contributed by atoms with van der Waals surface area (Å²) in [6, 6.07) is 10.8. The Morgan fingerprint density at radius 2 is 1.68 bits per heavy atom. The molecule has 1 aliphatic rings. The summed E-state index contributed by atoms with van der Waals surface area (Å²) < 4.78 is 10.9. The zero-order valence-electron chi connectivity index (χ0n) is 12.4. The van der Waals surface area contributed by atoms with Gasteiger partial charge in [0.15, 0.2) is 0 Å². The second kappa shape index (κ2) is 6.53. The van der Waals surface area contributed by atoms with Gasteiger partial charge in [0.25, 0.3) is 0 Å². The van der Waals surface area contributed by atoms with Crippen LogP contribution in [0.2, 0.25) is 0 Å². The van der Waals surface area contributed by atoms with Gasteiger partial charge in [-0.3, -0.25) is 0 Å². The molecule has 1 saturated carbocycles. The zero-order chi connectivity index (χ0) is 13.7. The molecule has 0 aliphatic heterocycles. The molecule has 0 spiro atoms. The van der Waals surface area contributed by atoms with E-state index in [-0.39, 0.29) is 5.41 Å². The van der Waals surface area contributed by atoms with Crippen LogP contribution >= 0.6 is 0 Å². The van der Waals surface area contributed by atoms with Gasteiger partial charge in [0.05, 0.1) is 13.2 Å². The summed E-state index contributed by atoms with van der Waals surface area (Å²) in [5, 5.41) is 0. The lowest BCUT2D eigenvalue weighted by Crippen LogP contribution is -2.29. The summed E-state index contributed by atoms with van der Waals surface area (Å²) in [5.41, 5.74) is 1.67. The zero-order valence-corrected chi connectivity index (χ0v) is 12.4. The Morgan fingerprint density at radius 3 is 2.26 bits per heavy atom. The Balaban J connectivity index is 2.03. The van der Waals surface area contributed by atoms with Crippen LogP contribution in [0, 0.1) is 17.3 Å². The molecule has 1 fully saturated rings. The van der Waals surface area contributed by atoms with Crippen LogP contribution in [-0.4, -0.2) is 27.4 Å². The predicted molar refractivity (Wildman–Crippen MR) is 78.2 cm³/mol.